The van der Waals surface area contributed by atoms with Crippen LogP contribution in [0.2, 0.25) is 0 Å². The summed E-state index contributed by atoms with van der Waals surface area (Å²) in [5.41, 5.74) is 3.66. The number of anilines is 1. The molecule has 0 spiro atoms. The van der Waals surface area contributed by atoms with Crippen LogP contribution < -0.4 is 20.3 Å². The van der Waals surface area contributed by atoms with Crippen LogP contribution >= 0.6 is 0 Å². The van der Waals surface area contributed by atoms with Crippen molar-refractivity contribution in [2.45, 2.75) is 91.1 Å². The van der Waals surface area contributed by atoms with Gasteiger partial charge in [-0.15, -0.1) is 0 Å². The highest BCUT2D eigenvalue weighted by Crippen LogP contribution is 2.41. The maximum atomic E-state index is 14.5. The van der Waals surface area contributed by atoms with Gasteiger partial charge in [-0.25, -0.2) is 0 Å². The minimum atomic E-state index is -0.855. The standard InChI is InChI=1S/C38H56N4O7/c1-10-25-15-26(11-2)22(3)32(16-25)40-38(46)35-34(23(4)48-24(5)44)33(21-43)49-42(35)20-27-13-12-14-31(36(27)47-9)28-17-29(37(45)39-6)19-30(18-28)41(7)8/h12-14,17-19,22-23,25-26,32-35,43H,10-11,15-16,20-21H2,1-9H3,(H,39,45)(H,40,46)/t22-,23-,25+,26-,32-,33-,34+,35-/m0/s1. The molecule has 270 valence electrons. The van der Waals surface area contributed by atoms with Gasteiger partial charge in [0, 0.05) is 56.5 Å². The number of amides is 2. The van der Waals surface area contributed by atoms with E-state index in [0.29, 0.717) is 29.1 Å². The number of esters is 1. The highest BCUT2D eigenvalue weighted by Gasteiger charge is 2.51. The molecule has 11 nitrogen and oxygen atoms in total. The number of nitrogens with one attached hydrogen (secondary N) is 2. The molecule has 1 aliphatic carbocycles. The van der Waals surface area contributed by atoms with E-state index < -0.39 is 30.1 Å². The van der Waals surface area contributed by atoms with Crippen molar-refractivity contribution >= 4 is 23.5 Å². The highest BCUT2D eigenvalue weighted by molar-refractivity contribution is 5.97. The number of nitrogens with zero attached hydrogens (tertiary/aromatic N) is 2. The third kappa shape index (κ3) is 8.56. The number of hydrogen-bond donors (Lipinski definition) is 3. The minimum absolute atomic E-state index is 0.00721. The molecule has 4 rings (SSSR count). The van der Waals surface area contributed by atoms with E-state index >= 15 is 0 Å². The molecule has 2 fully saturated rings. The third-order valence-corrected chi connectivity index (χ3v) is 10.6. The topological polar surface area (TPSA) is 130 Å². The van der Waals surface area contributed by atoms with Crippen LogP contribution in [0.25, 0.3) is 11.1 Å². The van der Waals surface area contributed by atoms with Gasteiger partial charge >= 0.3 is 5.97 Å². The van der Waals surface area contributed by atoms with Gasteiger partial charge in [-0.3, -0.25) is 19.2 Å². The zero-order valence-electron chi connectivity index (χ0n) is 30.6. The van der Waals surface area contributed by atoms with E-state index in [4.69, 9.17) is 14.3 Å². The number of hydroxylamine groups is 2. The molecule has 1 aliphatic heterocycles. The number of benzene rings is 2. The minimum Gasteiger partial charge on any atom is -0.496 e. The zero-order chi connectivity index (χ0) is 36.0. The molecule has 2 aromatic carbocycles. The number of para-hydroxylation sites is 1. The van der Waals surface area contributed by atoms with Gasteiger partial charge in [0.05, 0.1) is 26.2 Å². The fourth-order valence-electron chi connectivity index (χ4n) is 7.82. The lowest BCUT2D eigenvalue weighted by atomic mass is 9.70. The Morgan fingerprint density at radius 2 is 1.86 bits per heavy atom. The maximum Gasteiger partial charge on any atom is 0.302 e. The van der Waals surface area contributed by atoms with Gasteiger partial charge in [-0.05, 0) is 61.3 Å². The Hall–Kier alpha value is -3.67. The Morgan fingerprint density at radius 1 is 1.12 bits per heavy atom. The smallest absolute Gasteiger partial charge is 0.302 e. The van der Waals surface area contributed by atoms with Crippen LogP contribution in [0.4, 0.5) is 5.69 Å². The van der Waals surface area contributed by atoms with E-state index in [-0.39, 0.29) is 31.0 Å². The summed E-state index contributed by atoms with van der Waals surface area (Å²) in [6, 6.07) is 10.5. The summed E-state index contributed by atoms with van der Waals surface area (Å²) in [7, 11) is 7.02. The third-order valence-electron chi connectivity index (χ3n) is 10.6. The number of ether oxygens (including phenoxy) is 2. The van der Waals surface area contributed by atoms with Crippen LogP contribution in [-0.2, 0) is 25.7 Å². The predicted octanol–water partition coefficient (Wildman–Crippen LogP) is 4.80. The van der Waals surface area contributed by atoms with Crippen molar-refractivity contribution in [3.8, 4) is 16.9 Å². The molecule has 1 saturated carbocycles. The summed E-state index contributed by atoms with van der Waals surface area (Å²) in [4.78, 5) is 47.5. The van der Waals surface area contributed by atoms with Crippen molar-refractivity contribution in [3.63, 3.8) is 0 Å². The van der Waals surface area contributed by atoms with E-state index in [1.54, 1.807) is 26.1 Å². The normalized spacial score (nSPS) is 26.1. The number of carbonyl (C=O) groups is 3. The lowest BCUT2D eigenvalue weighted by molar-refractivity contribution is -0.182. The average Bonchev–Trinajstić information content (AvgIpc) is 3.46. The fourth-order valence-corrected chi connectivity index (χ4v) is 7.82. The van der Waals surface area contributed by atoms with Crippen molar-refractivity contribution in [1.29, 1.82) is 0 Å². The highest BCUT2D eigenvalue weighted by atomic mass is 16.7. The average molecular weight is 681 g/mol. The maximum absolute atomic E-state index is 14.5. The summed E-state index contributed by atoms with van der Waals surface area (Å²) in [5.74, 6) is 0.409. The van der Waals surface area contributed by atoms with Crippen LogP contribution in [0.1, 0.15) is 76.2 Å². The Morgan fingerprint density at radius 3 is 2.45 bits per heavy atom. The number of hydrogen-bond acceptors (Lipinski definition) is 9. The Balaban J connectivity index is 1.74. The summed E-state index contributed by atoms with van der Waals surface area (Å²) >= 11 is 0. The van der Waals surface area contributed by atoms with Crippen LogP contribution in [0.3, 0.4) is 0 Å². The second-order valence-corrected chi connectivity index (χ2v) is 13.9. The molecule has 11 heteroatoms. The summed E-state index contributed by atoms with van der Waals surface area (Å²) in [5, 5.41) is 18.2. The monoisotopic (exact) mass is 680 g/mol. The van der Waals surface area contributed by atoms with Gasteiger partial charge in [0.1, 0.15) is 24.0 Å². The van der Waals surface area contributed by atoms with Crippen LogP contribution in [0.15, 0.2) is 36.4 Å². The number of rotatable bonds is 13. The van der Waals surface area contributed by atoms with Crippen molar-refractivity contribution in [1.82, 2.24) is 15.7 Å². The van der Waals surface area contributed by atoms with Gasteiger partial charge in [0.15, 0.2) is 0 Å². The molecule has 8 atom stereocenters. The van der Waals surface area contributed by atoms with Gasteiger partial charge in [-0.2, -0.15) is 5.06 Å². The molecule has 49 heavy (non-hydrogen) atoms. The molecular formula is C38H56N4O7. The fraction of sp³-hybridized carbons (Fsp3) is 0.605. The quantitative estimate of drug-likeness (QED) is 0.256. The lowest BCUT2D eigenvalue weighted by Gasteiger charge is -2.41. The van der Waals surface area contributed by atoms with Gasteiger partial charge in [0.25, 0.3) is 5.91 Å². The number of aliphatic hydroxyl groups excluding tert-OH is 1. The molecule has 2 aliphatic rings. The first-order valence-corrected chi connectivity index (χ1v) is 17.6. The Labute approximate surface area is 291 Å². The largest absolute Gasteiger partial charge is 0.496 e. The van der Waals surface area contributed by atoms with Crippen molar-refractivity contribution < 1.29 is 33.8 Å². The van der Waals surface area contributed by atoms with Gasteiger partial charge < -0.3 is 30.1 Å². The van der Waals surface area contributed by atoms with E-state index in [2.05, 4.69) is 31.4 Å². The Bertz CT molecular complexity index is 1470. The van der Waals surface area contributed by atoms with E-state index in [9.17, 15) is 19.5 Å². The van der Waals surface area contributed by atoms with Crippen molar-refractivity contribution in [2.75, 3.05) is 39.8 Å². The molecule has 2 aromatic rings. The summed E-state index contributed by atoms with van der Waals surface area (Å²) in [6.45, 7) is 9.52. The number of methoxy groups -OCH3 is 1. The van der Waals surface area contributed by atoms with Gasteiger partial charge in [-0.1, -0.05) is 51.8 Å². The molecule has 0 bridgehead atoms. The molecule has 0 radical (unpaired) electrons. The van der Waals surface area contributed by atoms with Crippen LogP contribution in [-0.4, -0.2) is 87.1 Å². The first kappa shape index (κ1) is 38.1. The van der Waals surface area contributed by atoms with Gasteiger partial charge in [0.2, 0.25) is 5.91 Å². The van der Waals surface area contributed by atoms with Crippen LogP contribution in [0.5, 0.6) is 5.75 Å². The molecule has 1 heterocycles. The van der Waals surface area contributed by atoms with Crippen molar-refractivity contribution in [2.24, 2.45) is 23.7 Å². The molecule has 0 aromatic heterocycles. The number of carbonyl (C=O) groups excluding carboxylic acids is 3. The molecular weight excluding hydrogens is 624 g/mol. The molecule has 0 unspecified atom stereocenters. The van der Waals surface area contributed by atoms with E-state index in [1.165, 1.54) is 6.92 Å². The molecule has 2 amide bonds. The van der Waals surface area contributed by atoms with Crippen LogP contribution in [0, 0.1) is 23.7 Å². The first-order chi connectivity index (χ1) is 23.4. The second-order valence-electron chi connectivity index (χ2n) is 13.9. The second kappa shape index (κ2) is 16.8. The number of aliphatic hydroxyl groups is 1. The zero-order valence-corrected chi connectivity index (χ0v) is 30.6. The summed E-state index contributed by atoms with van der Waals surface area (Å²) < 4.78 is 11.6. The predicted molar refractivity (Wildman–Crippen MR) is 190 cm³/mol. The van der Waals surface area contributed by atoms with Crippen molar-refractivity contribution in [3.05, 3.63) is 47.5 Å². The van der Waals surface area contributed by atoms with E-state index in [0.717, 1.165) is 48.1 Å². The first-order valence-electron chi connectivity index (χ1n) is 17.6. The molecule has 1 saturated heterocycles. The summed E-state index contributed by atoms with van der Waals surface area (Å²) in [6.07, 6.45) is 2.71. The Kier molecular flexibility index (Phi) is 13.1. The molecule has 3 N–H and O–H groups in total. The lowest BCUT2D eigenvalue weighted by Crippen LogP contribution is -2.55. The van der Waals surface area contributed by atoms with E-state index in [1.807, 2.05) is 55.4 Å². The SMILES string of the molecule is CC[C@@H]1C[C@H](CC)[C@H](C)[C@@H](NC(=O)[C@@H]2[C@H]([C@H](C)OC(C)=O)[C@H](CO)ON2Cc2cccc(-c3cc(C(=O)NC)cc(N(C)C)c3)c2OC)C1.